The highest BCUT2D eigenvalue weighted by Crippen LogP contribution is 2.22. The zero-order valence-electron chi connectivity index (χ0n) is 13.8. The molecule has 7 heteroatoms. The molecule has 1 saturated heterocycles. The molecule has 0 radical (unpaired) electrons. The number of aromatic nitrogens is 2. The van der Waals surface area contributed by atoms with Crippen molar-refractivity contribution in [2.75, 3.05) is 18.1 Å². The van der Waals surface area contributed by atoms with Crippen LogP contribution in [0.4, 0.5) is 0 Å². The maximum Gasteiger partial charge on any atom is 0.274 e. The highest BCUT2D eigenvalue weighted by atomic mass is 32.2. The van der Waals surface area contributed by atoms with E-state index in [9.17, 15) is 13.2 Å². The molecule has 0 bridgehead atoms. The van der Waals surface area contributed by atoms with Crippen LogP contribution in [0.15, 0.2) is 30.3 Å². The Kier molecular flexibility index (Phi) is 4.45. The smallest absolute Gasteiger partial charge is 0.274 e. The summed E-state index contributed by atoms with van der Waals surface area (Å²) in [6.45, 7) is 4.14. The van der Waals surface area contributed by atoms with Gasteiger partial charge in [-0.15, -0.1) is 0 Å². The van der Waals surface area contributed by atoms with E-state index in [1.165, 1.54) is 0 Å². The Hall–Kier alpha value is -2.15. The van der Waals surface area contributed by atoms with E-state index in [0.717, 1.165) is 5.56 Å². The minimum Gasteiger partial charge on any atom is -0.341 e. The summed E-state index contributed by atoms with van der Waals surface area (Å²) in [5.74, 6) is 0.625. The Balaban J connectivity index is 1.88. The van der Waals surface area contributed by atoms with Crippen LogP contribution >= 0.6 is 0 Å². The number of sulfone groups is 1. The Morgan fingerprint density at radius 1 is 1.33 bits per heavy atom. The molecule has 1 aromatic carbocycles. The van der Waals surface area contributed by atoms with Crippen molar-refractivity contribution in [2.24, 2.45) is 0 Å². The second kappa shape index (κ2) is 6.39. The average Bonchev–Trinajstić information content (AvgIpc) is 3.11. The van der Waals surface area contributed by atoms with Gasteiger partial charge in [-0.25, -0.2) is 13.4 Å². The van der Waals surface area contributed by atoms with Crippen molar-refractivity contribution < 1.29 is 13.2 Å². The topological polar surface area (TPSA) is 83.1 Å². The molecule has 2 aromatic rings. The van der Waals surface area contributed by atoms with Crippen molar-refractivity contribution in [1.29, 1.82) is 0 Å². The molecule has 3 rings (SSSR count). The van der Waals surface area contributed by atoms with E-state index >= 15 is 0 Å². The van der Waals surface area contributed by atoms with E-state index in [-0.39, 0.29) is 23.5 Å². The first-order valence-corrected chi connectivity index (χ1v) is 9.87. The summed E-state index contributed by atoms with van der Waals surface area (Å²) in [5.41, 5.74) is 1.96. The van der Waals surface area contributed by atoms with Crippen molar-refractivity contribution in [1.82, 2.24) is 14.9 Å². The number of imidazole rings is 1. The van der Waals surface area contributed by atoms with Gasteiger partial charge in [0.25, 0.3) is 5.91 Å². The molecule has 0 spiro atoms. The van der Waals surface area contributed by atoms with E-state index in [4.69, 9.17) is 0 Å². The van der Waals surface area contributed by atoms with Gasteiger partial charge in [-0.1, -0.05) is 30.3 Å². The van der Waals surface area contributed by atoms with Gasteiger partial charge in [0.15, 0.2) is 9.84 Å². The number of carbonyl (C=O) groups excluding carboxylic acids is 1. The van der Waals surface area contributed by atoms with Crippen molar-refractivity contribution in [3.05, 3.63) is 41.7 Å². The van der Waals surface area contributed by atoms with Crippen LogP contribution < -0.4 is 0 Å². The van der Waals surface area contributed by atoms with Gasteiger partial charge in [-0.3, -0.25) is 4.79 Å². The van der Waals surface area contributed by atoms with Crippen molar-refractivity contribution in [3.8, 4) is 11.4 Å². The van der Waals surface area contributed by atoms with Crippen LogP contribution in [0.25, 0.3) is 11.4 Å². The highest BCUT2D eigenvalue weighted by molar-refractivity contribution is 7.91. The third-order valence-corrected chi connectivity index (χ3v) is 6.14. The monoisotopic (exact) mass is 347 g/mol. The molecule has 0 saturated carbocycles. The number of rotatable bonds is 4. The molecule has 1 aromatic heterocycles. The summed E-state index contributed by atoms with van der Waals surface area (Å²) in [4.78, 5) is 22.1. The quantitative estimate of drug-likeness (QED) is 0.917. The number of benzene rings is 1. The zero-order valence-corrected chi connectivity index (χ0v) is 14.6. The van der Waals surface area contributed by atoms with Gasteiger partial charge < -0.3 is 9.88 Å². The Morgan fingerprint density at radius 2 is 2.04 bits per heavy atom. The van der Waals surface area contributed by atoms with Crippen molar-refractivity contribution >= 4 is 15.7 Å². The summed E-state index contributed by atoms with van der Waals surface area (Å²) in [6, 6.07) is 9.34. The minimum atomic E-state index is -3.04. The van der Waals surface area contributed by atoms with Crippen molar-refractivity contribution in [2.45, 2.75) is 26.3 Å². The third-order valence-electron chi connectivity index (χ3n) is 4.39. The number of hydrogen-bond acceptors (Lipinski definition) is 4. The lowest BCUT2D eigenvalue weighted by Gasteiger charge is -2.26. The fourth-order valence-corrected chi connectivity index (χ4v) is 4.86. The van der Waals surface area contributed by atoms with Gasteiger partial charge >= 0.3 is 0 Å². The Labute approximate surface area is 141 Å². The number of aryl methyl sites for hydroxylation is 1. The summed E-state index contributed by atoms with van der Waals surface area (Å²) >= 11 is 0. The number of carbonyl (C=O) groups is 1. The van der Waals surface area contributed by atoms with Crippen LogP contribution in [0, 0.1) is 6.92 Å². The van der Waals surface area contributed by atoms with Gasteiger partial charge in [-0.2, -0.15) is 0 Å². The van der Waals surface area contributed by atoms with Crippen molar-refractivity contribution in [3.63, 3.8) is 0 Å². The zero-order chi connectivity index (χ0) is 17.3. The molecule has 1 amide bonds. The largest absolute Gasteiger partial charge is 0.341 e. The molecular weight excluding hydrogens is 326 g/mol. The lowest BCUT2D eigenvalue weighted by Crippen LogP contribution is -2.41. The molecule has 24 heavy (non-hydrogen) atoms. The second-order valence-electron chi connectivity index (χ2n) is 6.07. The maximum absolute atomic E-state index is 12.9. The van der Waals surface area contributed by atoms with E-state index in [0.29, 0.717) is 30.2 Å². The molecule has 1 aliphatic rings. The number of nitrogens with one attached hydrogen (secondary N) is 1. The first kappa shape index (κ1) is 16.7. The SMILES string of the molecule is CCN(C(=O)c1nc(-c2ccccc2)[nH]c1C)[C@@H]1CCS(=O)(=O)C1. The van der Waals surface area contributed by atoms with Crippen LogP contribution in [0.3, 0.4) is 0 Å². The number of H-pyrrole nitrogens is 1. The van der Waals surface area contributed by atoms with Crippen LogP contribution in [0.1, 0.15) is 29.5 Å². The molecule has 1 N–H and O–H groups in total. The van der Waals surface area contributed by atoms with E-state index in [1.807, 2.05) is 44.2 Å². The molecule has 2 heterocycles. The lowest BCUT2D eigenvalue weighted by atomic mass is 10.2. The summed E-state index contributed by atoms with van der Waals surface area (Å²) < 4.78 is 23.4. The van der Waals surface area contributed by atoms with E-state index in [2.05, 4.69) is 9.97 Å². The fraction of sp³-hybridized carbons (Fsp3) is 0.412. The highest BCUT2D eigenvalue weighted by Gasteiger charge is 2.35. The predicted octanol–water partition coefficient (Wildman–Crippen LogP) is 2.03. The van der Waals surface area contributed by atoms with Gasteiger partial charge in [-0.05, 0) is 20.3 Å². The molecule has 6 nitrogen and oxygen atoms in total. The van der Waals surface area contributed by atoms with E-state index < -0.39 is 9.84 Å². The molecule has 1 atom stereocenters. The van der Waals surface area contributed by atoms with Crippen LogP contribution in [0.2, 0.25) is 0 Å². The third kappa shape index (κ3) is 3.21. The Bertz CT molecular complexity index is 843. The molecule has 0 aliphatic carbocycles. The van der Waals surface area contributed by atoms with Crippen LogP contribution in [0.5, 0.6) is 0 Å². The Morgan fingerprint density at radius 3 is 2.62 bits per heavy atom. The molecule has 1 aliphatic heterocycles. The van der Waals surface area contributed by atoms with Gasteiger partial charge in [0.05, 0.1) is 11.5 Å². The minimum absolute atomic E-state index is 0.0432. The molecule has 1 fully saturated rings. The number of amides is 1. The fourth-order valence-electron chi connectivity index (χ4n) is 3.13. The van der Waals surface area contributed by atoms with Gasteiger partial charge in [0.2, 0.25) is 0 Å². The van der Waals surface area contributed by atoms with Crippen LogP contribution in [-0.4, -0.2) is 53.3 Å². The number of aromatic amines is 1. The molecular formula is C17H21N3O3S. The van der Waals surface area contributed by atoms with Gasteiger partial charge in [0.1, 0.15) is 11.5 Å². The number of nitrogens with zero attached hydrogens (tertiary/aromatic N) is 2. The predicted molar refractivity (Wildman–Crippen MR) is 92.5 cm³/mol. The van der Waals surface area contributed by atoms with Crippen LogP contribution in [-0.2, 0) is 9.84 Å². The summed E-state index contributed by atoms with van der Waals surface area (Å²) in [6.07, 6.45) is 0.497. The standard InChI is InChI=1S/C17H21N3O3S/c1-3-20(14-9-10-24(22,23)11-14)17(21)15-12(2)18-16(19-15)13-7-5-4-6-8-13/h4-8,14H,3,9-11H2,1-2H3,(H,18,19)/t14-/m1/s1. The normalized spacial score (nSPS) is 19.3. The molecule has 128 valence electrons. The first-order chi connectivity index (χ1) is 11.4. The average molecular weight is 347 g/mol. The summed E-state index contributed by atoms with van der Waals surface area (Å²) in [7, 11) is -3.04. The second-order valence-corrected chi connectivity index (χ2v) is 8.30. The lowest BCUT2D eigenvalue weighted by molar-refractivity contribution is 0.0702. The summed E-state index contributed by atoms with van der Waals surface area (Å²) in [5, 5.41) is 0. The maximum atomic E-state index is 12.9. The van der Waals surface area contributed by atoms with E-state index in [1.54, 1.807) is 4.90 Å². The van der Waals surface area contributed by atoms with Gasteiger partial charge in [0, 0.05) is 23.8 Å². The molecule has 0 unspecified atom stereocenters. The number of hydrogen-bond donors (Lipinski definition) is 1. The first-order valence-electron chi connectivity index (χ1n) is 8.04.